The Labute approximate surface area is 159 Å². The van der Waals surface area contributed by atoms with Crippen molar-refractivity contribution < 1.29 is 9.53 Å². The van der Waals surface area contributed by atoms with Crippen LogP contribution < -0.4 is 4.90 Å². The zero-order valence-electron chi connectivity index (χ0n) is 15.4. The first-order valence-electron chi connectivity index (χ1n) is 9.00. The number of thiophene rings is 1. The van der Waals surface area contributed by atoms with E-state index in [2.05, 4.69) is 29.2 Å². The molecule has 1 fully saturated rings. The molecule has 1 aromatic carbocycles. The van der Waals surface area contributed by atoms with Crippen LogP contribution in [0.15, 0.2) is 47.9 Å². The van der Waals surface area contributed by atoms with Crippen molar-refractivity contribution >= 4 is 29.0 Å². The second kappa shape index (κ2) is 9.01. The summed E-state index contributed by atoms with van der Waals surface area (Å²) in [6.07, 6.45) is 5.82. The topological polar surface area (TPSA) is 32.8 Å². The zero-order valence-corrected chi connectivity index (χ0v) is 16.2. The SMILES string of the molecule is CN(C)c1ccc(CN(CC2CCCO2)C(=O)/C=C/c2cccs2)cc1. The van der Waals surface area contributed by atoms with E-state index in [4.69, 9.17) is 4.74 Å². The summed E-state index contributed by atoms with van der Waals surface area (Å²) in [7, 11) is 4.05. The van der Waals surface area contributed by atoms with Gasteiger partial charge in [0, 0.05) is 50.4 Å². The van der Waals surface area contributed by atoms with E-state index < -0.39 is 0 Å². The van der Waals surface area contributed by atoms with E-state index in [1.807, 2.05) is 42.6 Å². The van der Waals surface area contributed by atoms with Crippen molar-refractivity contribution in [3.63, 3.8) is 0 Å². The number of hydrogen-bond donors (Lipinski definition) is 0. The normalized spacial score (nSPS) is 16.9. The molecule has 1 unspecified atom stereocenters. The number of nitrogens with zero attached hydrogens (tertiary/aromatic N) is 2. The van der Waals surface area contributed by atoms with Crippen LogP contribution in [-0.4, -0.2) is 44.2 Å². The van der Waals surface area contributed by atoms with E-state index >= 15 is 0 Å². The van der Waals surface area contributed by atoms with Crippen molar-refractivity contribution in [1.82, 2.24) is 4.90 Å². The van der Waals surface area contributed by atoms with E-state index in [9.17, 15) is 4.79 Å². The fraction of sp³-hybridized carbons (Fsp3) is 0.381. The summed E-state index contributed by atoms with van der Waals surface area (Å²) in [6.45, 7) is 2.04. The average molecular weight is 371 g/mol. The van der Waals surface area contributed by atoms with Gasteiger partial charge in [0.2, 0.25) is 5.91 Å². The molecular formula is C21H26N2O2S. The van der Waals surface area contributed by atoms with Gasteiger partial charge in [-0.05, 0) is 48.1 Å². The Balaban J connectivity index is 1.70. The Morgan fingerprint density at radius 3 is 2.69 bits per heavy atom. The number of anilines is 1. The number of carbonyl (C=O) groups is 1. The Morgan fingerprint density at radius 2 is 2.08 bits per heavy atom. The molecule has 1 aliphatic rings. The van der Waals surface area contributed by atoms with Crippen LogP contribution in [0, 0.1) is 0 Å². The van der Waals surface area contributed by atoms with Crippen LogP contribution in [-0.2, 0) is 16.1 Å². The summed E-state index contributed by atoms with van der Waals surface area (Å²) in [5, 5.41) is 2.01. The second-order valence-electron chi connectivity index (χ2n) is 6.76. The number of hydrogen-bond acceptors (Lipinski definition) is 4. The Bertz CT molecular complexity index is 717. The predicted octanol–water partition coefficient (Wildman–Crippen LogP) is 4.04. The summed E-state index contributed by atoms with van der Waals surface area (Å²) in [6, 6.07) is 12.4. The molecule has 1 aliphatic heterocycles. The van der Waals surface area contributed by atoms with Gasteiger partial charge in [-0.2, -0.15) is 0 Å². The fourth-order valence-electron chi connectivity index (χ4n) is 3.03. The largest absolute Gasteiger partial charge is 0.378 e. The molecule has 1 atom stereocenters. The highest BCUT2D eigenvalue weighted by atomic mass is 32.1. The summed E-state index contributed by atoms with van der Waals surface area (Å²) < 4.78 is 5.75. The minimum absolute atomic E-state index is 0.0330. The highest BCUT2D eigenvalue weighted by molar-refractivity contribution is 7.10. The minimum Gasteiger partial charge on any atom is -0.378 e. The maximum absolute atomic E-state index is 12.8. The van der Waals surface area contributed by atoms with Gasteiger partial charge >= 0.3 is 0 Å². The monoisotopic (exact) mass is 370 g/mol. The third kappa shape index (κ3) is 5.19. The van der Waals surface area contributed by atoms with E-state index in [-0.39, 0.29) is 12.0 Å². The van der Waals surface area contributed by atoms with Gasteiger partial charge < -0.3 is 14.5 Å². The van der Waals surface area contributed by atoms with Crippen LogP contribution in [0.1, 0.15) is 23.3 Å². The molecular weight excluding hydrogens is 344 g/mol. The van der Waals surface area contributed by atoms with Crippen molar-refractivity contribution in [2.75, 3.05) is 32.1 Å². The average Bonchev–Trinajstić information content (AvgIpc) is 3.33. The Hall–Kier alpha value is -2.11. The number of amides is 1. The summed E-state index contributed by atoms with van der Waals surface area (Å²) in [5.74, 6) is 0.0330. The molecule has 1 saturated heterocycles. The van der Waals surface area contributed by atoms with Gasteiger partial charge in [-0.3, -0.25) is 4.79 Å². The molecule has 0 N–H and O–H groups in total. The van der Waals surface area contributed by atoms with Gasteiger partial charge in [0.25, 0.3) is 0 Å². The maximum atomic E-state index is 12.8. The molecule has 0 spiro atoms. The standard InChI is InChI=1S/C21H26N2O2S/c1-22(2)18-9-7-17(8-10-18)15-23(16-19-5-3-13-25-19)21(24)12-11-20-6-4-14-26-20/h4,6-12,14,19H,3,5,13,15-16H2,1-2H3/b12-11+. The second-order valence-corrected chi connectivity index (χ2v) is 7.74. The molecule has 0 saturated carbocycles. The lowest BCUT2D eigenvalue weighted by atomic mass is 10.1. The van der Waals surface area contributed by atoms with Crippen LogP contribution >= 0.6 is 11.3 Å². The van der Waals surface area contributed by atoms with Crippen molar-refractivity contribution in [1.29, 1.82) is 0 Å². The molecule has 26 heavy (non-hydrogen) atoms. The predicted molar refractivity (Wildman–Crippen MR) is 109 cm³/mol. The smallest absolute Gasteiger partial charge is 0.246 e. The molecule has 2 heterocycles. The molecule has 1 aromatic heterocycles. The molecule has 5 heteroatoms. The van der Waals surface area contributed by atoms with Gasteiger partial charge in [0.15, 0.2) is 0 Å². The lowest BCUT2D eigenvalue weighted by Gasteiger charge is -2.25. The molecule has 0 bridgehead atoms. The van der Waals surface area contributed by atoms with Gasteiger partial charge in [-0.15, -0.1) is 11.3 Å². The summed E-state index contributed by atoms with van der Waals surface area (Å²) in [5.41, 5.74) is 2.29. The molecule has 138 valence electrons. The highest BCUT2D eigenvalue weighted by Gasteiger charge is 2.21. The minimum atomic E-state index is 0.0330. The van der Waals surface area contributed by atoms with Crippen LogP contribution in [0.4, 0.5) is 5.69 Å². The first-order valence-corrected chi connectivity index (χ1v) is 9.88. The third-order valence-corrected chi connectivity index (χ3v) is 5.36. The zero-order chi connectivity index (χ0) is 18.4. The van der Waals surface area contributed by atoms with Crippen molar-refractivity contribution in [2.24, 2.45) is 0 Å². The summed E-state index contributed by atoms with van der Waals surface area (Å²) >= 11 is 1.63. The maximum Gasteiger partial charge on any atom is 0.246 e. The van der Waals surface area contributed by atoms with Gasteiger partial charge in [0.1, 0.15) is 0 Å². The van der Waals surface area contributed by atoms with E-state index in [0.717, 1.165) is 35.6 Å². The van der Waals surface area contributed by atoms with E-state index in [0.29, 0.717) is 13.1 Å². The first-order chi connectivity index (χ1) is 12.6. The molecule has 4 nitrogen and oxygen atoms in total. The number of rotatable bonds is 7. The van der Waals surface area contributed by atoms with Crippen LogP contribution in [0.3, 0.4) is 0 Å². The van der Waals surface area contributed by atoms with Crippen molar-refractivity contribution in [3.8, 4) is 0 Å². The van der Waals surface area contributed by atoms with E-state index in [1.165, 1.54) is 0 Å². The third-order valence-electron chi connectivity index (χ3n) is 4.52. The fourth-order valence-corrected chi connectivity index (χ4v) is 3.65. The Morgan fingerprint density at radius 1 is 1.27 bits per heavy atom. The number of ether oxygens (including phenoxy) is 1. The number of benzene rings is 1. The van der Waals surface area contributed by atoms with Crippen molar-refractivity contribution in [2.45, 2.75) is 25.5 Å². The highest BCUT2D eigenvalue weighted by Crippen LogP contribution is 2.18. The lowest BCUT2D eigenvalue weighted by Crippen LogP contribution is -2.35. The molecule has 3 rings (SSSR count). The Kier molecular flexibility index (Phi) is 6.47. The van der Waals surface area contributed by atoms with Gasteiger partial charge in [-0.1, -0.05) is 18.2 Å². The van der Waals surface area contributed by atoms with Crippen LogP contribution in [0.2, 0.25) is 0 Å². The molecule has 2 aromatic rings. The van der Waals surface area contributed by atoms with Gasteiger partial charge in [-0.25, -0.2) is 0 Å². The van der Waals surface area contributed by atoms with Crippen LogP contribution in [0.5, 0.6) is 0 Å². The van der Waals surface area contributed by atoms with Crippen LogP contribution in [0.25, 0.3) is 6.08 Å². The molecule has 1 amide bonds. The molecule has 0 radical (unpaired) electrons. The lowest BCUT2D eigenvalue weighted by molar-refractivity contribution is -0.128. The number of carbonyl (C=O) groups excluding carboxylic acids is 1. The van der Waals surface area contributed by atoms with Crippen molar-refractivity contribution in [3.05, 3.63) is 58.3 Å². The quantitative estimate of drug-likeness (QED) is 0.690. The molecule has 0 aliphatic carbocycles. The first kappa shape index (κ1) is 18.7. The van der Waals surface area contributed by atoms with E-state index in [1.54, 1.807) is 17.4 Å². The summed E-state index contributed by atoms with van der Waals surface area (Å²) in [4.78, 5) is 17.8. The van der Waals surface area contributed by atoms with Gasteiger partial charge in [0.05, 0.1) is 6.10 Å².